The van der Waals surface area contributed by atoms with E-state index >= 15 is 0 Å². The van der Waals surface area contributed by atoms with Gasteiger partial charge in [0.2, 0.25) is 11.8 Å². The topological polar surface area (TPSA) is 165 Å². The van der Waals surface area contributed by atoms with Gasteiger partial charge in [-0.15, -0.1) is 0 Å². The zero-order valence-electron chi connectivity index (χ0n) is 21.1. The highest BCUT2D eigenvalue weighted by Crippen LogP contribution is 2.04. The van der Waals surface area contributed by atoms with Crippen molar-refractivity contribution in [2.45, 2.75) is 58.4 Å². The van der Waals surface area contributed by atoms with Crippen LogP contribution in [0, 0.1) is 0 Å². The van der Waals surface area contributed by atoms with Crippen molar-refractivity contribution < 1.29 is 42.9 Å². The summed E-state index contributed by atoms with van der Waals surface area (Å²) in [6.45, 7) is 7.80. The van der Waals surface area contributed by atoms with E-state index in [4.69, 9.17) is 29.4 Å². The second-order valence-corrected chi connectivity index (χ2v) is 7.40. The van der Waals surface area contributed by atoms with E-state index in [2.05, 4.69) is 10.6 Å². The van der Waals surface area contributed by atoms with E-state index in [1.807, 2.05) is 0 Å². The van der Waals surface area contributed by atoms with E-state index in [1.54, 1.807) is 13.8 Å². The van der Waals surface area contributed by atoms with Gasteiger partial charge in [0.05, 0.1) is 39.6 Å². The summed E-state index contributed by atoms with van der Waals surface area (Å²) >= 11 is 0. The van der Waals surface area contributed by atoms with Crippen LogP contribution in [0.5, 0.6) is 0 Å². The van der Waals surface area contributed by atoms with Crippen molar-refractivity contribution in [1.29, 1.82) is 0 Å². The standard InChI is InChI=1S/C23H43N3O9/c1-3-34-22(29)10-7-19(23(30)35-4-2)26-21(28)9-8-20(27)25-12-6-14-32-16-18-33-17-15-31-13-5-11-24/h19H,3-18,24H2,1-2H3,(H,25,27)(H,26,28). The first kappa shape index (κ1) is 32.7. The lowest BCUT2D eigenvalue weighted by Crippen LogP contribution is -2.42. The van der Waals surface area contributed by atoms with Gasteiger partial charge in [0, 0.05) is 39.0 Å². The number of hydrogen-bond acceptors (Lipinski definition) is 10. The molecule has 0 aromatic heterocycles. The van der Waals surface area contributed by atoms with Crippen LogP contribution in [0.3, 0.4) is 0 Å². The summed E-state index contributed by atoms with van der Waals surface area (Å²) in [6.07, 6.45) is 1.37. The van der Waals surface area contributed by atoms with Crippen LogP contribution < -0.4 is 16.4 Å². The van der Waals surface area contributed by atoms with Gasteiger partial charge in [0.25, 0.3) is 0 Å². The number of carbonyl (C=O) groups is 4. The number of amides is 2. The monoisotopic (exact) mass is 505 g/mol. The van der Waals surface area contributed by atoms with E-state index in [0.717, 1.165) is 6.42 Å². The molecule has 0 heterocycles. The van der Waals surface area contributed by atoms with Gasteiger partial charge < -0.3 is 40.1 Å². The Morgan fingerprint density at radius 1 is 0.743 bits per heavy atom. The molecule has 12 heteroatoms. The van der Waals surface area contributed by atoms with Gasteiger partial charge in [0.15, 0.2) is 0 Å². The Kier molecular flexibility index (Phi) is 21.9. The van der Waals surface area contributed by atoms with Crippen molar-refractivity contribution in [3.05, 3.63) is 0 Å². The fraction of sp³-hybridized carbons (Fsp3) is 0.826. The van der Waals surface area contributed by atoms with Crippen molar-refractivity contribution >= 4 is 23.8 Å². The summed E-state index contributed by atoms with van der Waals surface area (Å²) in [5.74, 6) is -1.85. The van der Waals surface area contributed by atoms with Crippen LogP contribution in [0.1, 0.15) is 52.4 Å². The zero-order chi connectivity index (χ0) is 26.2. The molecule has 0 spiro atoms. The average Bonchev–Trinajstić information content (AvgIpc) is 2.83. The molecule has 204 valence electrons. The molecule has 0 aromatic rings. The Morgan fingerprint density at radius 3 is 1.91 bits per heavy atom. The summed E-state index contributed by atoms with van der Waals surface area (Å²) < 4.78 is 25.9. The molecule has 1 atom stereocenters. The molecule has 0 aliphatic heterocycles. The van der Waals surface area contributed by atoms with Crippen molar-refractivity contribution in [2.75, 3.05) is 65.9 Å². The average molecular weight is 506 g/mol. The molecule has 0 saturated carbocycles. The number of nitrogens with two attached hydrogens (primary N) is 1. The molecule has 0 rings (SSSR count). The van der Waals surface area contributed by atoms with Gasteiger partial charge in [-0.05, 0) is 39.7 Å². The Labute approximate surface area is 207 Å². The number of hydrogen-bond donors (Lipinski definition) is 3. The highest BCUT2D eigenvalue weighted by molar-refractivity contribution is 5.87. The van der Waals surface area contributed by atoms with E-state index in [-0.39, 0.29) is 44.8 Å². The molecule has 1 unspecified atom stereocenters. The van der Waals surface area contributed by atoms with Crippen molar-refractivity contribution in [3.63, 3.8) is 0 Å². The van der Waals surface area contributed by atoms with E-state index in [9.17, 15) is 19.2 Å². The molecular weight excluding hydrogens is 462 g/mol. The summed E-state index contributed by atoms with van der Waals surface area (Å²) in [6, 6.07) is -0.972. The first-order valence-electron chi connectivity index (χ1n) is 12.3. The molecule has 0 fully saturated rings. The number of rotatable bonds is 23. The van der Waals surface area contributed by atoms with E-state index in [0.29, 0.717) is 59.2 Å². The summed E-state index contributed by atoms with van der Waals surface area (Å²) in [5.41, 5.74) is 5.37. The SMILES string of the molecule is CCOC(=O)CCC(NC(=O)CCC(=O)NCCCOCCOCCOCCCN)C(=O)OCC. The maximum atomic E-state index is 12.2. The minimum Gasteiger partial charge on any atom is -0.466 e. The summed E-state index contributed by atoms with van der Waals surface area (Å²) in [4.78, 5) is 47.7. The molecule has 12 nitrogen and oxygen atoms in total. The molecule has 0 aromatic carbocycles. The van der Waals surface area contributed by atoms with Gasteiger partial charge >= 0.3 is 11.9 Å². The molecular formula is C23H43N3O9. The van der Waals surface area contributed by atoms with Gasteiger partial charge in [-0.3, -0.25) is 14.4 Å². The van der Waals surface area contributed by atoms with Crippen LogP contribution in [0.25, 0.3) is 0 Å². The van der Waals surface area contributed by atoms with Crippen LogP contribution in [-0.4, -0.2) is 95.7 Å². The first-order valence-corrected chi connectivity index (χ1v) is 12.3. The van der Waals surface area contributed by atoms with Gasteiger partial charge in [-0.1, -0.05) is 0 Å². The molecule has 0 saturated heterocycles. The second kappa shape index (κ2) is 23.5. The lowest BCUT2D eigenvalue weighted by molar-refractivity contribution is -0.148. The van der Waals surface area contributed by atoms with Crippen LogP contribution >= 0.6 is 0 Å². The molecule has 2 amide bonds. The Bertz CT molecular complexity index is 591. The molecule has 0 radical (unpaired) electrons. The van der Waals surface area contributed by atoms with Crippen LogP contribution in [-0.2, 0) is 42.9 Å². The third kappa shape index (κ3) is 20.8. The van der Waals surface area contributed by atoms with Crippen LogP contribution in [0.15, 0.2) is 0 Å². The van der Waals surface area contributed by atoms with Crippen molar-refractivity contribution in [1.82, 2.24) is 10.6 Å². The number of carbonyl (C=O) groups excluding carboxylic acids is 4. The summed E-state index contributed by atoms with van der Waals surface area (Å²) in [5, 5.41) is 5.24. The number of ether oxygens (including phenoxy) is 5. The Hall–Kier alpha value is -2.28. The predicted molar refractivity (Wildman–Crippen MR) is 127 cm³/mol. The highest BCUT2D eigenvalue weighted by atomic mass is 16.5. The van der Waals surface area contributed by atoms with Crippen molar-refractivity contribution in [3.8, 4) is 0 Å². The molecule has 35 heavy (non-hydrogen) atoms. The number of esters is 2. The van der Waals surface area contributed by atoms with Gasteiger partial charge in [-0.2, -0.15) is 0 Å². The maximum Gasteiger partial charge on any atom is 0.328 e. The Balaban J connectivity index is 3.88. The fourth-order valence-electron chi connectivity index (χ4n) is 2.70. The second-order valence-electron chi connectivity index (χ2n) is 7.40. The molecule has 0 bridgehead atoms. The lowest BCUT2D eigenvalue weighted by Gasteiger charge is -2.17. The lowest BCUT2D eigenvalue weighted by atomic mass is 10.1. The molecule has 4 N–H and O–H groups in total. The predicted octanol–water partition coefficient (Wildman–Crippen LogP) is 0.0627. The van der Waals surface area contributed by atoms with E-state index in [1.165, 1.54) is 0 Å². The van der Waals surface area contributed by atoms with Crippen LogP contribution in [0.4, 0.5) is 0 Å². The van der Waals surface area contributed by atoms with Crippen molar-refractivity contribution in [2.24, 2.45) is 5.73 Å². The number of nitrogens with one attached hydrogen (secondary N) is 2. The van der Waals surface area contributed by atoms with Crippen LogP contribution in [0.2, 0.25) is 0 Å². The largest absolute Gasteiger partial charge is 0.466 e. The highest BCUT2D eigenvalue weighted by Gasteiger charge is 2.23. The zero-order valence-corrected chi connectivity index (χ0v) is 21.1. The molecule has 0 aliphatic carbocycles. The smallest absolute Gasteiger partial charge is 0.328 e. The quantitative estimate of drug-likeness (QED) is 0.128. The minimum atomic E-state index is -0.972. The minimum absolute atomic E-state index is 0.0265. The van der Waals surface area contributed by atoms with Gasteiger partial charge in [-0.25, -0.2) is 4.79 Å². The summed E-state index contributed by atoms with van der Waals surface area (Å²) in [7, 11) is 0. The third-order valence-corrected chi connectivity index (χ3v) is 4.45. The third-order valence-electron chi connectivity index (χ3n) is 4.45. The normalized spacial score (nSPS) is 11.5. The maximum absolute atomic E-state index is 12.2. The molecule has 0 aliphatic rings. The van der Waals surface area contributed by atoms with Gasteiger partial charge in [0.1, 0.15) is 6.04 Å². The fourth-order valence-corrected chi connectivity index (χ4v) is 2.70. The Morgan fingerprint density at radius 2 is 1.31 bits per heavy atom. The first-order chi connectivity index (χ1) is 16.9. The van der Waals surface area contributed by atoms with E-state index < -0.39 is 23.9 Å².